The summed E-state index contributed by atoms with van der Waals surface area (Å²) in [5, 5.41) is 14.4. The van der Waals surface area contributed by atoms with Gasteiger partial charge in [-0.05, 0) is 67.6 Å². The van der Waals surface area contributed by atoms with Crippen LogP contribution in [0.15, 0.2) is 71.6 Å². The van der Waals surface area contributed by atoms with Crippen LogP contribution in [-0.4, -0.2) is 32.9 Å². The quantitative estimate of drug-likeness (QED) is 0.357. The largest absolute Gasteiger partial charge is 0.497 e. The number of benzene rings is 3. The number of rotatable bonds is 8. The molecule has 0 aromatic heterocycles. The summed E-state index contributed by atoms with van der Waals surface area (Å²) >= 11 is 0. The molecule has 1 aliphatic rings. The van der Waals surface area contributed by atoms with Crippen molar-refractivity contribution < 1.29 is 22.9 Å². The lowest BCUT2D eigenvalue weighted by Gasteiger charge is -2.28. The Hall–Kier alpha value is -3.92. The highest BCUT2D eigenvalue weighted by atomic mass is 32.2. The van der Waals surface area contributed by atoms with E-state index in [9.17, 15) is 23.3 Å². The van der Waals surface area contributed by atoms with E-state index in [1.807, 2.05) is 24.3 Å². The third-order valence-corrected chi connectivity index (χ3v) is 8.09. The topological polar surface area (TPSA) is 119 Å². The van der Waals surface area contributed by atoms with Crippen molar-refractivity contribution in [3.63, 3.8) is 0 Å². The minimum absolute atomic E-state index is 0.219. The van der Waals surface area contributed by atoms with Crippen LogP contribution in [0.2, 0.25) is 0 Å². The molecule has 1 N–H and O–H groups in total. The van der Waals surface area contributed by atoms with E-state index in [4.69, 9.17) is 4.74 Å². The molecule has 0 radical (unpaired) electrons. The Morgan fingerprint density at radius 1 is 1.14 bits per heavy atom. The van der Waals surface area contributed by atoms with Crippen LogP contribution in [0.25, 0.3) is 0 Å². The van der Waals surface area contributed by atoms with Gasteiger partial charge in [-0.2, -0.15) is 0 Å². The van der Waals surface area contributed by atoms with Crippen LogP contribution in [0, 0.1) is 17.0 Å². The summed E-state index contributed by atoms with van der Waals surface area (Å²) in [4.78, 5) is 23.7. The first-order chi connectivity index (χ1) is 17.2. The van der Waals surface area contributed by atoms with Gasteiger partial charge in [0.25, 0.3) is 15.7 Å². The number of nitrogens with one attached hydrogen (secondary N) is 1. The number of sulfonamides is 1. The Labute approximate surface area is 209 Å². The monoisotopic (exact) mass is 509 g/mol. The molecular weight excluding hydrogens is 482 g/mol. The van der Waals surface area contributed by atoms with E-state index in [1.165, 1.54) is 43.9 Å². The number of carbonyl (C=O) groups is 1. The van der Waals surface area contributed by atoms with Crippen LogP contribution in [0.4, 0.5) is 11.4 Å². The van der Waals surface area contributed by atoms with Gasteiger partial charge in [0, 0.05) is 11.6 Å². The average molecular weight is 510 g/mol. The third-order valence-electron chi connectivity index (χ3n) is 6.32. The Bertz CT molecular complexity index is 1390. The first kappa shape index (κ1) is 25.2. The lowest BCUT2D eigenvalue weighted by Crippen LogP contribution is -2.42. The molecule has 188 valence electrons. The van der Waals surface area contributed by atoms with Gasteiger partial charge in [0.05, 0.1) is 28.7 Å². The van der Waals surface area contributed by atoms with E-state index in [0.29, 0.717) is 11.3 Å². The van der Waals surface area contributed by atoms with Gasteiger partial charge in [0.2, 0.25) is 5.91 Å². The van der Waals surface area contributed by atoms with E-state index in [-0.39, 0.29) is 22.3 Å². The standard InChI is InChI=1S/C26H27N3O6S/c1-18-10-15-22(16-25(18)29(31)32)36(33,34)28(20-11-13-21(35-2)14-12-20)17-26(30)27-24-9-5-7-19-6-3-4-8-23(19)24/h3-4,6,8,10-16,24H,5,7,9,17H2,1-2H3,(H,27,30)/t24-/m0/s1. The maximum Gasteiger partial charge on any atom is 0.273 e. The van der Waals surface area contributed by atoms with Crippen molar-refractivity contribution in [3.8, 4) is 5.75 Å². The molecule has 3 aromatic carbocycles. The van der Waals surface area contributed by atoms with E-state index in [1.54, 1.807) is 12.1 Å². The fourth-order valence-corrected chi connectivity index (χ4v) is 5.85. The minimum Gasteiger partial charge on any atom is -0.497 e. The van der Waals surface area contributed by atoms with E-state index in [2.05, 4.69) is 5.32 Å². The molecule has 10 heteroatoms. The van der Waals surface area contributed by atoms with Crippen molar-refractivity contribution in [2.75, 3.05) is 18.0 Å². The number of amides is 1. The molecule has 0 heterocycles. The van der Waals surface area contributed by atoms with Crippen molar-refractivity contribution in [3.05, 3.63) is 93.5 Å². The number of nitro benzene ring substituents is 1. The summed E-state index contributed by atoms with van der Waals surface area (Å²) in [6.07, 6.45) is 2.60. The zero-order valence-corrected chi connectivity index (χ0v) is 20.8. The lowest BCUT2D eigenvalue weighted by atomic mass is 9.88. The normalized spacial score (nSPS) is 15.0. The van der Waals surface area contributed by atoms with Gasteiger partial charge >= 0.3 is 0 Å². The summed E-state index contributed by atoms with van der Waals surface area (Å²) in [5.74, 6) is 0.0445. The highest BCUT2D eigenvalue weighted by molar-refractivity contribution is 7.92. The molecule has 0 bridgehead atoms. The van der Waals surface area contributed by atoms with Crippen LogP contribution in [-0.2, 0) is 21.2 Å². The van der Waals surface area contributed by atoms with Gasteiger partial charge in [-0.25, -0.2) is 8.42 Å². The first-order valence-electron chi connectivity index (χ1n) is 11.5. The second-order valence-electron chi connectivity index (χ2n) is 8.63. The highest BCUT2D eigenvalue weighted by Gasteiger charge is 2.30. The van der Waals surface area contributed by atoms with Crippen LogP contribution in [0.3, 0.4) is 0 Å². The summed E-state index contributed by atoms with van der Waals surface area (Å²) in [7, 11) is -2.83. The molecule has 9 nitrogen and oxygen atoms in total. The average Bonchev–Trinajstić information content (AvgIpc) is 2.87. The maximum absolute atomic E-state index is 13.7. The molecule has 1 atom stereocenters. The number of hydrogen-bond donors (Lipinski definition) is 1. The first-order valence-corrected chi connectivity index (χ1v) is 12.9. The number of fused-ring (bicyclic) bond motifs is 1. The summed E-state index contributed by atoms with van der Waals surface area (Å²) in [6.45, 7) is 1.04. The molecule has 1 amide bonds. The number of nitrogens with zero attached hydrogens (tertiary/aromatic N) is 2. The molecule has 0 saturated carbocycles. The van der Waals surface area contributed by atoms with Gasteiger partial charge < -0.3 is 10.1 Å². The molecule has 0 saturated heterocycles. The molecule has 4 rings (SSSR count). The van der Waals surface area contributed by atoms with Gasteiger partial charge in [-0.1, -0.05) is 30.3 Å². The third kappa shape index (κ3) is 5.18. The van der Waals surface area contributed by atoms with Crippen LogP contribution < -0.4 is 14.4 Å². The number of carbonyl (C=O) groups excluding carboxylic acids is 1. The van der Waals surface area contributed by atoms with Gasteiger partial charge in [0.1, 0.15) is 12.3 Å². The number of anilines is 1. The molecule has 0 aliphatic heterocycles. The smallest absolute Gasteiger partial charge is 0.273 e. The van der Waals surface area contributed by atoms with Gasteiger partial charge in [-0.15, -0.1) is 0 Å². The summed E-state index contributed by atoms with van der Waals surface area (Å²) in [6, 6.07) is 17.6. The van der Waals surface area contributed by atoms with Gasteiger partial charge in [0.15, 0.2) is 0 Å². The Morgan fingerprint density at radius 2 is 1.86 bits per heavy atom. The molecule has 3 aromatic rings. The van der Waals surface area contributed by atoms with Crippen LogP contribution in [0.5, 0.6) is 5.75 Å². The molecule has 0 spiro atoms. The molecule has 1 aliphatic carbocycles. The van der Waals surface area contributed by atoms with Crippen LogP contribution in [0.1, 0.15) is 35.6 Å². The maximum atomic E-state index is 13.7. The number of hydrogen-bond acceptors (Lipinski definition) is 6. The Morgan fingerprint density at radius 3 is 2.56 bits per heavy atom. The summed E-state index contributed by atoms with van der Waals surface area (Å²) in [5.41, 5.74) is 2.46. The zero-order valence-electron chi connectivity index (χ0n) is 20.0. The predicted molar refractivity (Wildman–Crippen MR) is 136 cm³/mol. The second-order valence-corrected chi connectivity index (χ2v) is 10.5. The van der Waals surface area contributed by atoms with Crippen molar-refractivity contribution >= 4 is 27.3 Å². The predicted octanol–water partition coefficient (Wildman–Crippen LogP) is 4.30. The Balaban J connectivity index is 1.67. The minimum atomic E-state index is -4.32. The fourth-order valence-electron chi connectivity index (χ4n) is 4.41. The number of aryl methyl sites for hydroxylation is 2. The molecule has 0 fully saturated rings. The molecule has 36 heavy (non-hydrogen) atoms. The molecule has 0 unspecified atom stereocenters. The summed E-state index contributed by atoms with van der Waals surface area (Å²) < 4.78 is 33.5. The van der Waals surface area contributed by atoms with Crippen molar-refractivity contribution in [1.29, 1.82) is 0 Å². The SMILES string of the molecule is COc1ccc(N(CC(=O)N[C@H]2CCCc3ccccc32)S(=O)(=O)c2ccc(C)c([N+](=O)[O-])c2)cc1. The zero-order chi connectivity index (χ0) is 25.9. The van der Waals surface area contributed by atoms with Crippen molar-refractivity contribution in [2.45, 2.75) is 37.1 Å². The van der Waals surface area contributed by atoms with E-state index >= 15 is 0 Å². The van der Waals surface area contributed by atoms with Crippen molar-refractivity contribution in [1.82, 2.24) is 5.32 Å². The number of ether oxygens (including phenoxy) is 1. The number of methoxy groups -OCH3 is 1. The van der Waals surface area contributed by atoms with E-state index < -0.39 is 27.4 Å². The number of nitro groups is 1. The molecular formula is C26H27N3O6S. The van der Waals surface area contributed by atoms with Crippen molar-refractivity contribution in [2.24, 2.45) is 0 Å². The van der Waals surface area contributed by atoms with Gasteiger partial charge in [-0.3, -0.25) is 19.2 Å². The fraction of sp³-hybridized carbons (Fsp3) is 0.269. The Kier molecular flexibility index (Phi) is 7.25. The lowest BCUT2D eigenvalue weighted by molar-refractivity contribution is -0.385. The van der Waals surface area contributed by atoms with E-state index in [0.717, 1.165) is 35.2 Å². The highest BCUT2D eigenvalue weighted by Crippen LogP contribution is 2.31. The second kappa shape index (κ2) is 10.4. The van der Waals surface area contributed by atoms with Crippen LogP contribution >= 0.6 is 0 Å².